The quantitative estimate of drug-likeness (QED) is 0.798. The molecule has 1 amide bonds. The topological polar surface area (TPSA) is 58.6 Å². The van der Waals surface area contributed by atoms with Gasteiger partial charge in [0.15, 0.2) is 0 Å². The number of hydrogen-bond acceptors (Lipinski definition) is 3. The van der Waals surface area contributed by atoms with E-state index in [-0.39, 0.29) is 18.6 Å². The molecule has 134 valence electrons. The highest BCUT2D eigenvalue weighted by Gasteiger charge is 2.11. The highest BCUT2D eigenvalue weighted by atomic mass is 16.5. The second kappa shape index (κ2) is 8.67. The Bertz CT molecular complexity index is 675. The van der Waals surface area contributed by atoms with E-state index in [1.54, 1.807) is 24.3 Å². The molecule has 0 spiro atoms. The molecular weight excluding hydrogens is 314 g/mol. The van der Waals surface area contributed by atoms with Crippen molar-refractivity contribution in [3.63, 3.8) is 0 Å². The summed E-state index contributed by atoms with van der Waals surface area (Å²) >= 11 is 0. The van der Waals surface area contributed by atoms with E-state index < -0.39 is 6.10 Å². The molecule has 4 heteroatoms. The number of benzene rings is 2. The minimum atomic E-state index is -0.728. The van der Waals surface area contributed by atoms with Crippen molar-refractivity contribution in [2.75, 3.05) is 6.54 Å². The largest absolute Gasteiger partial charge is 0.491 e. The molecule has 0 bridgehead atoms. The van der Waals surface area contributed by atoms with Gasteiger partial charge in [0.1, 0.15) is 5.75 Å². The highest BCUT2D eigenvalue weighted by molar-refractivity contribution is 5.94. The van der Waals surface area contributed by atoms with Crippen LogP contribution in [0.15, 0.2) is 48.5 Å². The lowest BCUT2D eigenvalue weighted by Crippen LogP contribution is -2.28. The molecule has 0 saturated carbocycles. The zero-order valence-corrected chi connectivity index (χ0v) is 15.3. The monoisotopic (exact) mass is 341 g/mol. The van der Waals surface area contributed by atoms with Crippen molar-refractivity contribution < 1.29 is 14.6 Å². The molecule has 2 aromatic rings. The molecule has 0 aliphatic carbocycles. The van der Waals surface area contributed by atoms with Crippen molar-refractivity contribution in [1.29, 1.82) is 0 Å². The van der Waals surface area contributed by atoms with E-state index in [0.29, 0.717) is 11.5 Å². The molecule has 2 rings (SSSR count). The van der Waals surface area contributed by atoms with Crippen molar-refractivity contribution in [3.05, 3.63) is 65.2 Å². The average Bonchev–Trinajstić information content (AvgIpc) is 2.59. The lowest BCUT2D eigenvalue weighted by Gasteiger charge is -2.14. The van der Waals surface area contributed by atoms with Crippen LogP contribution in [0.2, 0.25) is 0 Å². The fourth-order valence-electron chi connectivity index (χ4n) is 2.47. The van der Waals surface area contributed by atoms with E-state index in [1.807, 2.05) is 38.1 Å². The summed E-state index contributed by atoms with van der Waals surface area (Å²) < 4.78 is 5.56. The number of ether oxygens (including phenoxy) is 1. The van der Waals surface area contributed by atoms with Gasteiger partial charge < -0.3 is 15.2 Å². The molecule has 0 aromatic heterocycles. The Labute approximate surface area is 149 Å². The Morgan fingerprint density at radius 3 is 2.04 bits per heavy atom. The van der Waals surface area contributed by atoms with E-state index >= 15 is 0 Å². The van der Waals surface area contributed by atoms with Crippen LogP contribution in [-0.4, -0.2) is 23.7 Å². The van der Waals surface area contributed by atoms with Crippen LogP contribution in [0, 0.1) is 0 Å². The maximum atomic E-state index is 12.2. The van der Waals surface area contributed by atoms with Crippen LogP contribution >= 0.6 is 0 Å². The summed E-state index contributed by atoms with van der Waals surface area (Å²) in [5.41, 5.74) is 2.56. The molecule has 0 heterocycles. The van der Waals surface area contributed by atoms with Gasteiger partial charge in [-0.05, 0) is 55.2 Å². The number of carbonyl (C=O) groups excluding carboxylic acids is 1. The van der Waals surface area contributed by atoms with Crippen molar-refractivity contribution >= 4 is 5.91 Å². The molecule has 0 saturated heterocycles. The molecule has 1 atom stereocenters. The van der Waals surface area contributed by atoms with Crippen molar-refractivity contribution in [1.82, 2.24) is 5.32 Å². The standard InChI is InChI=1S/C21H27NO3/c1-14(2)16-5-7-17(8-6-16)20(23)13-22-21(24)18-9-11-19(12-10-18)25-15(3)4/h5-12,14-15,20,23H,13H2,1-4H3,(H,22,24). The fourth-order valence-corrected chi connectivity index (χ4v) is 2.47. The Morgan fingerprint density at radius 2 is 1.52 bits per heavy atom. The van der Waals surface area contributed by atoms with Crippen LogP contribution < -0.4 is 10.1 Å². The first-order chi connectivity index (χ1) is 11.9. The minimum Gasteiger partial charge on any atom is -0.491 e. The highest BCUT2D eigenvalue weighted by Crippen LogP contribution is 2.19. The van der Waals surface area contributed by atoms with Gasteiger partial charge in [0.05, 0.1) is 12.2 Å². The zero-order chi connectivity index (χ0) is 18.4. The Kier molecular flexibility index (Phi) is 6.59. The maximum Gasteiger partial charge on any atom is 0.251 e. The van der Waals surface area contributed by atoms with Crippen molar-refractivity contribution in [2.24, 2.45) is 0 Å². The summed E-state index contributed by atoms with van der Waals surface area (Å²) in [6, 6.07) is 14.8. The van der Waals surface area contributed by atoms with Crippen LogP contribution in [0.3, 0.4) is 0 Å². The Morgan fingerprint density at radius 1 is 0.960 bits per heavy atom. The predicted octanol–water partition coefficient (Wildman–Crippen LogP) is 4.06. The molecule has 0 radical (unpaired) electrons. The van der Waals surface area contributed by atoms with Gasteiger partial charge in [0.2, 0.25) is 0 Å². The number of carbonyl (C=O) groups is 1. The van der Waals surface area contributed by atoms with Gasteiger partial charge >= 0.3 is 0 Å². The normalized spacial score (nSPS) is 12.3. The average molecular weight is 341 g/mol. The second-order valence-electron chi connectivity index (χ2n) is 6.74. The SMILES string of the molecule is CC(C)Oc1ccc(C(=O)NCC(O)c2ccc(C(C)C)cc2)cc1. The van der Waals surface area contributed by atoms with Crippen LogP contribution in [-0.2, 0) is 0 Å². The minimum absolute atomic E-state index is 0.0944. The Hall–Kier alpha value is -2.33. The molecule has 2 aromatic carbocycles. The maximum absolute atomic E-state index is 12.2. The second-order valence-corrected chi connectivity index (χ2v) is 6.74. The van der Waals surface area contributed by atoms with E-state index in [4.69, 9.17) is 4.74 Å². The van der Waals surface area contributed by atoms with Gasteiger partial charge in [0, 0.05) is 12.1 Å². The molecule has 0 fully saturated rings. The molecule has 25 heavy (non-hydrogen) atoms. The van der Waals surface area contributed by atoms with Crippen LogP contribution in [0.25, 0.3) is 0 Å². The first kappa shape index (κ1) is 19.0. The van der Waals surface area contributed by atoms with Crippen LogP contribution in [0.4, 0.5) is 0 Å². The lowest BCUT2D eigenvalue weighted by atomic mass is 10.00. The summed E-state index contributed by atoms with van der Waals surface area (Å²) in [6.07, 6.45) is -0.634. The lowest BCUT2D eigenvalue weighted by molar-refractivity contribution is 0.0916. The summed E-state index contributed by atoms with van der Waals surface area (Å²) in [7, 11) is 0. The van der Waals surface area contributed by atoms with Gasteiger partial charge in [-0.2, -0.15) is 0 Å². The number of nitrogens with one attached hydrogen (secondary N) is 1. The number of amides is 1. The van der Waals surface area contributed by atoms with Gasteiger partial charge in [-0.3, -0.25) is 4.79 Å². The predicted molar refractivity (Wildman–Crippen MR) is 100 cm³/mol. The van der Waals surface area contributed by atoms with Gasteiger partial charge in [0.25, 0.3) is 5.91 Å². The van der Waals surface area contributed by atoms with Crippen molar-refractivity contribution in [2.45, 2.75) is 45.8 Å². The smallest absolute Gasteiger partial charge is 0.251 e. The number of rotatable bonds is 7. The first-order valence-corrected chi connectivity index (χ1v) is 8.69. The summed E-state index contributed by atoms with van der Waals surface area (Å²) in [6.45, 7) is 8.34. The van der Waals surface area contributed by atoms with Gasteiger partial charge in [-0.25, -0.2) is 0 Å². The van der Waals surface area contributed by atoms with Crippen LogP contribution in [0.1, 0.15) is 61.2 Å². The third-order valence-corrected chi connectivity index (χ3v) is 3.93. The number of hydrogen-bond donors (Lipinski definition) is 2. The van der Waals surface area contributed by atoms with E-state index in [2.05, 4.69) is 19.2 Å². The fraction of sp³-hybridized carbons (Fsp3) is 0.381. The zero-order valence-electron chi connectivity index (χ0n) is 15.3. The van der Waals surface area contributed by atoms with E-state index in [9.17, 15) is 9.90 Å². The third-order valence-electron chi connectivity index (χ3n) is 3.93. The molecule has 2 N–H and O–H groups in total. The van der Waals surface area contributed by atoms with Gasteiger partial charge in [-0.15, -0.1) is 0 Å². The summed E-state index contributed by atoms with van der Waals surface area (Å²) in [5, 5.41) is 13.0. The molecule has 4 nitrogen and oxygen atoms in total. The van der Waals surface area contributed by atoms with E-state index in [1.165, 1.54) is 5.56 Å². The number of aliphatic hydroxyl groups excluding tert-OH is 1. The van der Waals surface area contributed by atoms with Gasteiger partial charge in [-0.1, -0.05) is 38.1 Å². The Balaban J connectivity index is 1.90. The van der Waals surface area contributed by atoms with Crippen molar-refractivity contribution in [3.8, 4) is 5.75 Å². The molecule has 0 aliphatic rings. The van der Waals surface area contributed by atoms with E-state index in [0.717, 1.165) is 11.3 Å². The third kappa shape index (κ3) is 5.61. The molecular formula is C21H27NO3. The number of aliphatic hydroxyl groups is 1. The molecule has 1 unspecified atom stereocenters. The summed E-state index contributed by atoms with van der Waals surface area (Å²) in [4.78, 5) is 12.2. The first-order valence-electron chi connectivity index (χ1n) is 8.69. The molecule has 0 aliphatic heterocycles. The summed E-state index contributed by atoms with van der Waals surface area (Å²) in [5.74, 6) is 0.972. The van der Waals surface area contributed by atoms with Crippen LogP contribution in [0.5, 0.6) is 5.75 Å².